The number of hydrogen-bond acceptors (Lipinski definition) is 5. The molecule has 3 aromatic rings. The van der Waals surface area contributed by atoms with Crippen LogP contribution in [0.25, 0.3) is 6.08 Å². The lowest BCUT2D eigenvalue weighted by Crippen LogP contribution is -2.46. The summed E-state index contributed by atoms with van der Waals surface area (Å²) in [6.07, 6.45) is 3.30. The van der Waals surface area contributed by atoms with E-state index in [1.54, 1.807) is 36.5 Å². The standard InChI is InChI=1S/C25H21N3O5/c29-21-10-6-16(7-11-21)22-15-28(14-18(23(22)30)13-20-3-1-2-12-26-20)25(33)27-19-8-4-17(5-9-19)24(31)32/h1-13,22,29H,14-15H2,(H,27,33)(H,31,32)/b18-13-. The second-order valence-electron chi connectivity index (χ2n) is 7.63. The number of Topliss-reactive ketones (excluding diaryl/α,β-unsaturated/α-hetero) is 1. The monoisotopic (exact) mass is 443 g/mol. The number of urea groups is 1. The first-order valence-corrected chi connectivity index (χ1v) is 10.2. The average Bonchev–Trinajstić information content (AvgIpc) is 2.82. The highest BCUT2D eigenvalue weighted by Gasteiger charge is 2.34. The van der Waals surface area contributed by atoms with Crippen molar-refractivity contribution in [3.05, 3.63) is 95.3 Å². The predicted octanol–water partition coefficient (Wildman–Crippen LogP) is 3.77. The molecule has 1 atom stereocenters. The number of anilines is 1. The van der Waals surface area contributed by atoms with Gasteiger partial charge in [-0.3, -0.25) is 9.78 Å². The third kappa shape index (κ3) is 5.07. The average molecular weight is 443 g/mol. The molecule has 2 heterocycles. The molecule has 0 spiro atoms. The van der Waals surface area contributed by atoms with Gasteiger partial charge in [-0.15, -0.1) is 0 Å². The Morgan fingerprint density at radius 3 is 2.39 bits per heavy atom. The van der Waals surface area contributed by atoms with Gasteiger partial charge in [-0.1, -0.05) is 18.2 Å². The Morgan fingerprint density at radius 2 is 1.76 bits per heavy atom. The van der Waals surface area contributed by atoms with Crippen molar-refractivity contribution in [2.45, 2.75) is 5.92 Å². The first-order chi connectivity index (χ1) is 15.9. The molecule has 4 rings (SSSR count). The van der Waals surface area contributed by atoms with E-state index in [4.69, 9.17) is 5.11 Å². The van der Waals surface area contributed by atoms with Gasteiger partial charge >= 0.3 is 12.0 Å². The first-order valence-electron chi connectivity index (χ1n) is 10.2. The van der Waals surface area contributed by atoms with E-state index in [0.717, 1.165) is 0 Å². The van der Waals surface area contributed by atoms with Gasteiger partial charge in [0.25, 0.3) is 0 Å². The number of likely N-dealkylation sites (tertiary alicyclic amines) is 1. The van der Waals surface area contributed by atoms with Crippen molar-refractivity contribution in [1.82, 2.24) is 9.88 Å². The number of amides is 2. The fraction of sp³-hybridized carbons (Fsp3) is 0.120. The number of phenols is 1. The van der Waals surface area contributed by atoms with E-state index in [9.17, 15) is 19.5 Å². The van der Waals surface area contributed by atoms with E-state index in [1.165, 1.54) is 41.3 Å². The number of carboxylic acid groups (broad SMARTS) is 1. The van der Waals surface area contributed by atoms with E-state index in [0.29, 0.717) is 22.5 Å². The Kier molecular flexibility index (Phi) is 6.17. The van der Waals surface area contributed by atoms with Gasteiger partial charge in [0.15, 0.2) is 5.78 Å². The molecule has 2 amide bonds. The van der Waals surface area contributed by atoms with E-state index >= 15 is 0 Å². The first kappa shape index (κ1) is 21.8. The Labute approximate surface area is 189 Å². The summed E-state index contributed by atoms with van der Waals surface area (Å²) in [5.41, 5.74) is 2.29. The van der Waals surface area contributed by atoms with Crippen LogP contribution < -0.4 is 5.32 Å². The lowest BCUT2D eigenvalue weighted by atomic mass is 9.86. The summed E-state index contributed by atoms with van der Waals surface area (Å²) < 4.78 is 0. The minimum absolute atomic E-state index is 0.0886. The molecular formula is C25H21N3O5. The molecule has 1 fully saturated rings. The van der Waals surface area contributed by atoms with E-state index in [-0.39, 0.29) is 30.2 Å². The van der Waals surface area contributed by atoms with E-state index in [2.05, 4.69) is 10.3 Å². The van der Waals surface area contributed by atoms with Gasteiger partial charge in [-0.25, -0.2) is 9.59 Å². The van der Waals surface area contributed by atoms with Crippen molar-refractivity contribution < 1.29 is 24.6 Å². The normalized spacial score (nSPS) is 17.1. The van der Waals surface area contributed by atoms with Gasteiger partial charge in [0, 0.05) is 24.0 Å². The van der Waals surface area contributed by atoms with Crippen LogP contribution in [-0.2, 0) is 4.79 Å². The summed E-state index contributed by atoms with van der Waals surface area (Å²) in [5, 5.41) is 21.4. The van der Waals surface area contributed by atoms with Crippen LogP contribution in [0.4, 0.5) is 10.5 Å². The van der Waals surface area contributed by atoms with Gasteiger partial charge in [0.2, 0.25) is 0 Å². The van der Waals surface area contributed by atoms with Crippen LogP contribution in [0.15, 0.2) is 78.5 Å². The topological polar surface area (TPSA) is 120 Å². The van der Waals surface area contributed by atoms with Crippen molar-refractivity contribution in [3.63, 3.8) is 0 Å². The molecule has 1 saturated heterocycles. The van der Waals surface area contributed by atoms with Crippen LogP contribution >= 0.6 is 0 Å². The molecule has 3 N–H and O–H groups in total. The molecule has 166 valence electrons. The predicted molar refractivity (Wildman–Crippen MR) is 122 cm³/mol. The maximum absolute atomic E-state index is 13.3. The molecule has 0 bridgehead atoms. The van der Waals surface area contributed by atoms with Gasteiger partial charge in [-0.05, 0) is 60.2 Å². The summed E-state index contributed by atoms with van der Waals surface area (Å²) in [7, 11) is 0. The quantitative estimate of drug-likeness (QED) is 0.528. The number of ketones is 1. The number of nitrogens with one attached hydrogen (secondary N) is 1. The molecule has 0 aliphatic carbocycles. The fourth-order valence-electron chi connectivity index (χ4n) is 3.65. The van der Waals surface area contributed by atoms with E-state index < -0.39 is 17.9 Å². The number of benzene rings is 2. The van der Waals surface area contributed by atoms with Gasteiger partial charge in [0.05, 0.1) is 23.7 Å². The summed E-state index contributed by atoms with van der Waals surface area (Å²) in [5.74, 6) is -1.68. The molecule has 8 heteroatoms. The molecule has 1 aliphatic rings. The maximum atomic E-state index is 13.3. The number of phenolic OH excluding ortho intramolecular Hbond substituents is 1. The third-order valence-corrected chi connectivity index (χ3v) is 5.37. The maximum Gasteiger partial charge on any atom is 0.335 e. The SMILES string of the molecule is O=C(O)c1ccc(NC(=O)N2C/C(=C/c3ccccn3)C(=O)C(c3ccc(O)cc3)C2)cc1. The molecular weight excluding hydrogens is 422 g/mol. The van der Waals surface area contributed by atoms with Crippen molar-refractivity contribution in [2.24, 2.45) is 0 Å². The van der Waals surface area contributed by atoms with Crippen LogP contribution in [0.1, 0.15) is 27.5 Å². The highest BCUT2D eigenvalue weighted by Crippen LogP contribution is 2.29. The highest BCUT2D eigenvalue weighted by molar-refractivity contribution is 6.06. The number of carboxylic acids is 1. The largest absolute Gasteiger partial charge is 0.508 e. The van der Waals surface area contributed by atoms with Crippen molar-refractivity contribution in [1.29, 1.82) is 0 Å². The number of aromatic hydroxyl groups is 1. The van der Waals surface area contributed by atoms with Crippen LogP contribution in [0.2, 0.25) is 0 Å². The fourth-order valence-corrected chi connectivity index (χ4v) is 3.65. The Bertz CT molecular complexity index is 1210. The lowest BCUT2D eigenvalue weighted by Gasteiger charge is -2.33. The minimum Gasteiger partial charge on any atom is -0.508 e. The number of carbonyl (C=O) groups is 3. The zero-order chi connectivity index (χ0) is 23.4. The zero-order valence-electron chi connectivity index (χ0n) is 17.5. The summed E-state index contributed by atoms with van der Waals surface area (Å²) >= 11 is 0. The van der Waals surface area contributed by atoms with Crippen LogP contribution in [0.3, 0.4) is 0 Å². The number of piperidine rings is 1. The second-order valence-corrected chi connectivity index (χ2v) is 7.63. The number of carbonyl (C=O) groups excluding carboxylic acids is 2. The summed E-state index contributed by atoms with van der Waals surface area (Å²) in [6, 6.07) is 17.1. The molecule has 33 heavy (non-hydrogen) atoms. The van der Waals surface area contributed by atoms with Gasteiger partial charge in [-0.2, -0.15) is 0 Å². The Balaban J connectivity index is 1.61. The van der Waals surface area contributed by atoms with Crippen molar-refractivity contribution in [2.75, 3.05) is 18.4 Å². The van der Waals surface area contributed by atoms with E-state index in [1.807, 2.05) is 6.07 Å². The molecule has 0 saturated carbocycles. The number of nitrogens with zero attached hydrogens (tertiary/aromatic N) is 2. The summed E-state index contributed by atoms with van der Waals surface area (Å²) in [4.78, 5) is 43.1. The van der Waals surface area contributed by atoms with Crippen molar-refractivity contribution in [3.8, 4) is 5.75 Å². The number of pyridine rings is 1. The molecule has 1 unspecified atom stereocenters. The van der Waals surface area contributed by atoms with Gasteiger partial charge in [0.1, 0.15) is 5.75 Å². The molecule has 0 radical (unpaired) electrons. The smallest absolute Gasteiger partial charge is 0.335 e. The number of hydrogen-bond donors (Lipinski definition) is 3. The zero-order valence-corrected chi connectivity index (χ0v) is 17.5. The lowest BCUT2D eigenvalue weighted by molar-refractivity contribution is -0.118. The Morgan fingerprint density at radius 1 is 1.03 bits per heavy atom. The number of rotatable bonds is 4. The minimum atomic E-state index is -1.05. The van der Waals surface area contributed by atoms with Crippen molar-refractivity contribution >= 4 is 29.5 Å². The second kappa shape index (κ2) is 9.35. The van der Waals surface area contributed by atoms with Gasteiger partial charge < -0.3 is 20.4 Å². The van der Waals surface area contributed by atoms with Crippen LogP contribution in [0.5, 0.6) is 5.75 Å². The highest BCUT2D eigenvalue weighted by atomic mass is 16.4. The Hall–Kier alpha value is -4.46. The summed E-state index contributed by atoms with van der Waals surface area (Å²) in [6.45, 7) is 0.255. The number of aromatic nitrogens is 1. The third-order valence-electron chi connectivity index (χ3n) is 5.37. The molecule has 1 aliphatic heterocycles. The molecule has 8 nitrogen and oxygen atoms in total. The number of aromatic carboxylic acids is 1. The van der Waals surface area contributed by atoms with Crippen LogP contribution in [-0.4, -0.2) is 51.0 Å². The molecule has 1 aromatic heterocycles. The van der Waals surface area contributed by atoms with Crippen LogP contribution in [0, 0.1) is 0 Å². The molecule has 2 aromatic carbocycles.